The number of methoxy groups -OCH3 is 1. The molecule has 32 heavy (non-hydrogen) atoms. The van der Waals surface area contributed by atoms with Crippen molar-refractivity contribution in [3.05, 3.63) is 47.5 Å². The Hall–Kier alpha value is -2.02. The van der Waals surface area contributed by atoms with Crippen LogP contribution in [0.4, 0.5) is 24.5 Å². The van der Waals surface area contributed by atoms with Crippen molar-refractivity contribution in [2.75, 3.05) is 25.6 Å². The van der Waals surface area contributed by atoms with Gasteiger partial charge in [0.25, 0.3) is 0 Å². The largest absolute Gasteiger partial charge is 0.481 e. The first-order valence-electron chi connectivity index (χ1n) is 9.24. The number of benzene rings is 1. The van der Waals surface area contributed by atoms with Crippen LogP contribution >= 0.6 is 27.0 Å². The highest BCUT2D eigenvalue weighted by atomic mass is 32.1. The van der Waals surface area contributed by atoms with Crippen LogP contribution in [0.3, 0.4) is 0 Å². The van der Waals surface area contributed by atoms with Gasteiger partial charge in [-0.1, -0.05) is 12.1 Å². The Bertz CT molecular complexity index is 855. The van der Waals surface area contributed by atoms with Gasteiger partial charge in [0.1, 0.15) is 5.82 Å². The smallest absolute Gasteiger partial charge is 0.418 e. The lowest BCUT2D eigenvalue weighted by atomic mass is 9.93. The quantitative estimate of drug-likeness (QED) is 0.498. The lowest BCUT2D eigenvalue weighted by molar-refractivity contribution is -0.222. The van der Waals surface area contributed by atoms with Gasteiger partial charge < -0.3 is 19.9 Å². The highest BCUT2D eigenvalue weighted by molar-refractivity contribution is 7.59. The molecule has 0 aliphatic carbocycles. The van der Waals surface area contributed by atoms with E-state index in [-0.39, 0.29) is 57.9 Å². The number of aromatic nitrogens is 2. The van der Waals surface area contributed by atoms with Crippen molar-refractivity contribution in [1.29, 1.82) is 0 Å². The van der Waals surface area contributed by atoms with Gasteiger partial charge in [-0.15, -0.1) is 0 Å². The van der Waals surface area contributed by atoms with Crippen LogP contribution in [0.15, 0.2) is 30.6 Å². The van der Waals surface area contributed by atoms with Crippen LogP contribution < -0.4 is 5.32 Å². The fourth-order valence-electron chi connectivity index (χ4n) is 2.99. The number of rotatable bonds is 10. The van der Waals surface area contributed by atoms with E-state index in [1.165, 1.54) is 44.6 Å². The number of carboxylic acid groups (broad SMARTS) is 1. The number of ether oxygens (including phenoxy) is 2. The average molecular weight is 496 g/mol. The van der Waals surface area contributed by atoms with E-state index in [0.717, 1.165) is 0 Å². The van der Waals surface area contributed by atoms with Gasteiger partial charge >= 0.3 is 12.1 Å². The van der Waals surface area contributed by atoms with Crippen LogP contribution in [-0.4, -0.2) is 47.5 Å². The first kappa shape index (κ1) is 30.0. The summed E-state index contributed by atoms with van der Waals surface area (Å²) in [4.78, 5) is 19.3. The van der Waals surface area contributed by atoms with E-state index in [4.69, 9.17) is 14.6 Å². The predicted octanol–water partition coefficient (Wildman–Crippen LogP) is 4.60. The second-order valence-corrected chi connectivity index (χ2v) is 6.62. The van der Waals surface area contributed by atoms with Crippen molar-refractivity contribution in [1.82, 2.24) is 9.97 Å². The zero-order valence-electron chi connectivity index (χ0n) is 17.9. The minimum Gasteiger partial charge on any atom is -0.481 e. The third kappa shape index (κ3) is 8.49. The molecule has 1 aromatic carbocycles. The van der Waals surface area contributed by atoms with Gasteiger partial charge in [0.05, 0.1) is 31.1 Å². The molecule has 2 aromatic rings. The lowest BCUT2D eigenvalue weighted by Crippen LogP contribution is -2.24. The van der Waals surface area contributed by atoms with Crippen LogP contribution in [0.2, 0.25) is 0 Å². The number of aryl methyl sites for hydroxylation is 1. The van der Waals surface area contributed by atoms with Crippen LogP contribution in [0.25, 0.3) is 0 Å². The molecule has 0 bridgehead atoms. The summed E-state index contributed by atoms with van der Waals surface area (Å²) in [6, 6.07) is 4.25. The molecule has 0 fully saturated rings. The van der Waals surface area contributed by atoms with Crippen molar-refractivity contribution in [3.8, 4) is 0 Å². The molecule has 12 heteroatoms. The Balaban J connectivity index is 0.00000480. The topological polar surface area (TPSA) is 93.6 Å². The highest BCUT2D eigenvalue weighted by Gasteiger charge is 2.43. The van der Waals surface area contributed by atoms with Gasteiger partial charge in [0, 0.05) is 30.9 Å². The Morgan fingerprint density at radius 3 is 2.34 bits per heavy atom. The van der Waals surface area contributed by atoms with Crippen molar-refractivity contribution in [2.24, 2.45) is 0 Å². The fraction of sp³-hybridized carbons (Fsp3) is 0.450. The molecule has 0 saturated heterocycles. The van der Waals surface area contributed by atoms with Crippen LogP contribution in [0, 0.1) is 6.92 Å². The van der Waals surface area contributed by atoms with Crippen LogP contribution in [0.5, 0.6) is 0 Å². The van der Waals surface area contributed by atoms with Crippen molar-refractivity contribution in [3.63, 3.8) is 0 Å². The van der Waals surface area contributed by atoms with Crippen molar-refractivity contribution >= 4 is 44.3 Å². The molecule has 0 aliphatic rings. The van der Waals surface area contributed by atoms with E-state index in [2.05, 4.69) is 15.3 Å². The summed E-state index contributed by atoms with van der Waals surface area (Å²) in [6.45, 7) is 3.14. The Morgan fingerprint density at radius 2 is 1.84 bits per heavy atom. The summed E-state index contributed by atoms with van der Waals surface area (Å²) in [5, 5.41) is 12.1. The maximum Gasteiger partial charge on any atom is 0.418 e. The average Bonchev–Trinajstić information content (AvgIpc) is 2.67. The second kappa shape index (κ2) is 13.5. The minimum absolute atomic E-state index is 0. The SMILES string of the molecule is CCO[C@@H](c1ccc([C@@H](COC)CC(=O)O)cc1Nc1cnc(C)nc1)C(F)(F)F.S.S. The van der Waals surface area contributed by atoms with E-state index in [1.54, 1.807) is 6.92 Å². The molecule has 0 radical (unpaired) electrons. The summed E-state index contributed by atoms with van der Waals surface area (Å²) in [6.07, 6.45) is -4.11. The van der Waals surface area contributed by atoms with Gasteiger partial charge in [0.2, 0.25) is 0 Å². The number of nitrogens with zero attached hydrogens (tertiary/aromatic N) is 2. The Labute approximate surface area is 198 Å². The number of hydrogen-bond acceptors (Lipinski definition) is 6. The van der Waals surface area contributed by atoms with E-state index < -0.39 is 24.2 Å². The van der Waals surface area contributed by atoms with E-state index in [9.17, 15) is 18.0 Å². The van der Waals surface area contributed by atoms with E-state index in [0.29, 0.717) is 17.1 Å². The third-order valence-corrected chi connectivity index (χ3v) is 4.31. The molecule has 2 atom stereocenters. The number of carbonyl (C=O) groups is 1. The summed E-state index contributed by atoms with van der Waals surface area (Å²) in [7, 11) is 1.43. The molecule has 0 aliphatic heterocycles. The Kier molecular flexibility index (Phi) is 12.7. The molecule has 180 valence electrons. The maximum atomic E-state index is 13.6. The molecule has 1 heterocycles. The standard InChI is InChI=1S/C20H24F3N3O4.2H2S/c1-4-30-19(20(21,22)23)16-6-5-13(14(11-29-3)8-18(27)28)7-17(16)26-15-9-24-12(2)25-10-15;;/h5-7,9-10,14,19,26H,4,8,11H2,1-3H3,(H,27,28);2*1H2/t14-,19+;;/m1../s1. The number of alkyl halides is 3. The molecule has 0 saturated carbocycles. The fourth-order valence-corrected chi connectivity index (χ4v) is 2.99. The summed E-state index contributed by atoms with van der Waals surface area (Å²) in [5.74, 6) is -1.06. The Morgan fingerprint density at radius 1 is 1.22 bits per heavy atom. The first-order valence-corrected chi connectivity index (χ1v) is 9.24. The number of aliphatic carboxylic acids is 1. The third-order valence-electron chi connectivity index (χ3n) is 4.31. The summed E-state index contributed by atoms with van der Waals surface area (Å²) >= 11 is 0. The molecule has 7 nitrogen and oxygen atoms in total. The lowest BCUT2D eigenvalue weighted by Gasteiger charge is -2.25. The molecule has 0 spiro atoms. The molecule has 1 aromatic heterocycles. The number of halogens is 3. The van der Waals surface area contributed by atoms with Gasteiger partial charge in [-0.2, -0.15) is 40.2 Å². The van der Waals surface area contributed by atoms with Crippen molar-refractivity contribution in [2.45, 2.75) is 38.5 Å². The molecule has 2 rings (SSSR count). The van der Waals surface area contributed by atoms with E-state index >= 15 is 0 Å². The van der Waals surface area contributed by atoms with Gasteiger partial charge in [-0.05, 0) is 25.5 Å². The maximum absolute atomic E-state index is 13.6. The minimum atomic E-state index is -4.63. The van der Waals surface area contributed by atoms with Gasteiger partial charge in [0.15, 0.2) is 6.10 Å². The molecule has 0 amide bonds. The predicted molar refractivity (Wildman–Crippen MR) is 125 cm³/mol. The van der Waals surface area contributed by atoms with Gasteiger partial charge in [-0.25, -0.2) is 9.97 Å². The monoisotopic (exact) mass is 495 g/mol. The van der Waals surface area contributed by atoms with Gasteiger partial charge in [-0.3, -0.25) is 4.79 Å². The molecule has 0 unspecified atom stereocenters. The summed E-state index contributed by atoms with van der Waals surface area (Å²) in [5.41, 5.74) is 0.913. The molecular formula is C20H28F3N3O4S2. The van der Waals surface area contributed by atoms with Crippen LogP contribution in [0.1, 0.15) is 42.3 Å². The number of anilines is 2. The van der Waals surface area contributed by atoms with Crippen LogP contribution in [-0.2, 0) is 14.3 Å². The molecule has 2 N–H and O–H groups in total. The molecular weight excluding hydrogens is 467 g/mol. The number of carboxylic acids is 1. The van der Waals surface area contributed by atoms with Crippen molar-refractivity contribution < 1.29 is 32.5 Å². The summed E-state index contributed by atoms with van der Waals surface area (Å²) < 4.78 is 51.0. The number of hydrogen-bond donors (Lipinski definition) is 2. The highest BCUT2D eigenvalue weighted by Crippen LogP contribution is 2.41. The van der Waals surface area contributed by atoms with E-state index in [1.807, 2.05) is 0 Å². The normalized spacial score (nSPS) is 12.8. The zero-order valence-corrected chi connectivity index (χ0v) is 19.9. The zero-order chi connectivity index (χ0) is 22.3. The number of nitrogens with one attached hydrogen (secondary N) is 1. The second-order valence-electron chi connectivity index (χ2n) is 6.62. The first-order chi connectivity index (χ1) is 14.2.